The van der Waals surface area contributed by atoms with Gasteiger partial charge in [-0.1, -0.05) is 19.4 Å². The van der Waals surface area contributed by atoms with Crippen LogP contribution in [0.1, 0.15) is 67.7 Å². The second kappa shape index (κ2) is 11.5. The third-order valence-corrected chi connectivity index (χ3v) is 10.1. The van der Waals surface area contributed by atoms with Crippen LogP contribution in [0.4, 0.5) is 0 Å². The van der Waals surface area contributed by atoms with E-state index in [1.807, 2.05) is 0 Å². The van der Waals surface area contributed by atoms with Gasteiger partial charge in [0.15, 0.2) is 6.10 Å². The number of hydrogen-bond donors (Lipinski definition) is 5. The minimum Gasteiger partial charge on any atom is -0.459 e. The molecule has 10 atom stereocenters. The van der Waals surface area contributed by atoms with E-state index in [2.05, 4.69) is 5.32 Å². The van der Waals surface area contributed by atoms with Crippen molar-refractivity contribution in [3.05, 3.63) is 11.1 Å². The molecule has 1 amide bonds. The Kier molecular flexibility index (Phi) is 9.71. The van der Waals surface area contributed by atoms with Gasteiger partial charge in [0, 0.05) is 88.5 Å². The van der Waals surface area contributed by atoms with Gasteiger partial charge in [-0.3, -0.25) is 14.4 Å². The van der Waals surface area contributed by atoms with E-state index in [-0.39, 0.29) is 69.9 Å². The molecule has 3 fully saturated rings. The van der Waals surface area contributed by atoms with Crippen LogP contribution in [0, 0.1) is 60.8 Å². The SMILES string of the molecule is CC(=O)N[C@@H](C)[C@@H](O)C(=O)OC1C[C@@]2(O)[C@@H](OC(C)=O)[C@@H]3[C@]4(O)CO[C@@H]4C[C@H](O)[C@@]3(C)C(=O)CC(=C1C)C2(C)C.[Ac]. The molecular formula is C28H41AcNO11. The number of ether oxygens (including phenoxy) is 3. The van der Waals surface area contributed by atoms with Gasteiger partial charge in [-0.25, -0.2) is 4.79 Å². The molecule has 0 aromatic heterocycles. The van der Waals surface area contributed by atoms with Crippen molar-refractivity contribution in [2.45, 2.75) is 115 Å². The number of carbonyl (C=O) groups is 4. The van der Waals surface area contributed by atoms with E-state index < -0.39 is 88.1 Å². The van der Waals surface area contributed by atoms with Crippen LogP contribution in [0.2, 0.25) is 0 Å². The van der Waals surface area contributed by atoms with E-state index in [1.165, 1.54) is 20.8 Å². The number of aliphatic hydroxyl groups is 4. The zero-order valence-corrected chi connectivity index (χ0v) is 29.3. The molecule has 1 radical (unpaired) electrons. The Hall–Kier alpha value is -0.938. The third kappa shape index (κ3) is 5.25. The van der Waals surface area contributed by atoms with Crippen LogP contribution in [0.3, 0.4) is 0 Å². The number of fused-ring (bicyclic) bond motifs is 5. The number of carbonyl (C=O) groups excluding carboxylic acids is 4. The maximum Gasteiger partial charge on any atom is 0.337 e. The molecule has 4 rings (SSSR count). The first-order valence-corrected chi connectivity index (χ1v) is 13.6. The number of esters is 2. The number of nitrogens with one attached hydrogen (secondary N) is 1. The van der Waals surface area contributed by atoms with Crippen LogP contribution in [-0.2, 0) is 33.4 Å². The molecule has 0 spiro atoms. The molecule has 1 unspecified atom stereocenters. The summed E-state index contributed by atoms with van der Waals surface area (Å²) >= 11 is 0. The summed E-state index contributed by atoms with van der Waals surface area (Å²) < 4.78 is 17.0. The number of rotatable bonds is 5. The van der Waals surface area contributed by atoms with Crippen LogP contribution >= 0.6 is 0 Å². The molecule has 0 aromatic carbocycles. The molecule has 1 aliphatic heterocycles. The summed E-state index contributed by atoms with van der Waals surface area (Å²) in [5.74, 6) is -3.94. The fraction of sp³-hybridized carbons (Fsp3) is 0.786. The Morgan fingerprint density at radius 3 is 2.24 bits per heavy atom. The fourth-order valence-corrected chi connectivity index (χ4v) is 7.43. The van der Waals surface area contributed by atoms with E-state index in [0.717, 1.165) is 6.92 Å². The topological polar surface area (TPSA) is 189 Å². The molecule has 13 heteroatoms. The van der Waals surface area contributed by atoms with Crippen molar-refractivity contribution in [1.29, 1.82) is 0 Å². The quantitative estimate of drug-likeness (QED) is 0.181. The van der Waals surface area contributed by atoms with Crippen molar-refractivity contribution in [3.63, 3.8) is 0 Å². The van der Waals surface area contributed by atoms with E-state index in [4.69, 9.17) is 14.2 Å². The molecule has 12 nitrogen and oxygen atoms in total. The average Bonchev–Trinajstić information content (AvgIpc) is 2.84. The molecule has 4 aliphatic rings. The minimum absolute atomic E-state index is 0. The van der Waals surface area contributed by atoms with E-state index in [0.29, 0.717) is 11.1 Å². The molecule has 5 N–H and O–H groups in total. The van der Waals surface area contributed by atoms with Crippen molar-refractivity contribution in [1.82, 2.24) is 5.32 Å². The summed E-state index contributed by atoms with van der Waals surface area (Å²) in [5.41, 5.74) is -5.56. The van der Waals surface area contributed by atoms with Gasteiger partial charge in [0.1, 0.15) is 29.2 Å². The molecule has 2 saturated carbocycles. The van der Waals surface area contributed by atoms with Crippen LogP contribution in [0.15, 0.2) is 11.1 Å². The molecule has 2 bridgehead atoms. The maximum atomic E-state index is 14.1. The molecule has 3 aliphatic carbocycles. The van der Waals surface area contributed by atoms with Crippen LogP contribution < -0.4 is 5.32 Å². The zero-order chi connectivity index (χ0) is 30.2. The first-order chi connectivity index (χ1) is 18.3. The average molecular weight is 795 g/mol. The Balaban J connectivity index is 0.00000462. The summed E-state index contributed by atoms with van der Waals surface area (Å²) in [7, 11) is 0. The summed E-state index contributed by atoms with van der Waals surface area (Å²) in [6.07, 6.45) is -6.97. The number of ketones is 1. The van der Waals surface area contributed by atoms with Crippen LogP contribution in [0.25, 0.3) is 0 Å². The van der Waals surface area contributed by atoms with Gasteiger partial charge < -0.3 is 40.0 Å². The zero-order valence-electron chi connectivity index (χ0n) is 24.6. The molecular weight excluding hydrogens is 753 g/mol. The third-order valence-electron chi connectivity index (χ3n) is 10.1. The van der Waals surface area contributed by atoms with Crippen molar-refractivity contribution in [3.8, 4) is 0 Å². The van der Waals surface area contributed by atoms with Crippen molar-refractivity contribution in [2.24, 2.45) is 16.7 Å². The largest absolute Gasteiger partial charge is 0.459 e. The number of hydrogen-bond acceptors (Lipinski definition) is 11. The number of aliphatic hydroxyl groups excluding tert-OH is 2. The van der Waals surface area contributed by atoms with Gasteiger partial charge in [0.2, 0.25) is 5.91 Å². The Morgan fingerprint density at radius 1 is 1.12 bits per heavy atom. The predicted molar refractivity (Wildman–Crippen MR) is 137 cm³/mol. The summed E-state index contributed by atoms with van der Waals surface area (Å²) in [6, 6.07) is -0.962. The summed E-state index contributed by atoms with van der Waals surface area (Å²) in [6.45, 7) is 10.2. The smallest absolute Gasteiger partial charge is 0.337 e. The number of amides is 1. The normalized spacial score (nSPS) is 40.7. The molecule has 1 heterocycles. The fourth-order valence-electron chi connectivity index (χ4n) is 7.43. The molecule has 227 valence electrons. The van der Waals surface area contributed by atoms with Gasteiger partial charge in [0.05, 0.1) is 30.3 Å². The minimum atomic E-state index is -1.99. The molecule has 1 saturated heterocycles. The van der Waals surface area contributed by atoms with E-state index >= 15 is 0 Å². The first-order valence-electron chi connectivity index (χ1n) is 13.6. The van der Waals surface area contributed by atoms with Gasteiger partial charge in [-0.05, 0) is 26.3 Å². The summed E-state index contributed by atoms with van der Waals surface area (Å²) in [4.78, 5) is 50.9. The molecule has 0 aromatic rings. The van der Waals surface area contributed by atoms with Gasteiger partial charge >= 0.3 is 11.9 Å². The first kappa shape index (κ1) is 34.6. The number of Topliss-reactive ketones (excluding diaryl/α,β-unsaturated/α-hetero) is 1. The Morgan fingerprint density at radius 2 is 1.73 bits per heavy atom. The van der Waals surface area contributed by atoms with Crippen molar-refractivity contribution < 1.29 is 97.9 Å². The standard InChI is InChI=1S/C28H41NO11.Ac/c1-12-16-8-18(32)26(7)19(33)9-20-27(36,11-38-20)22(26)23(39-15(4)31)28(37,25(16,5)6)10-17(12)40-24(35)21(34)13(2)29-14(3)30;/h13,17,19-23,33-34,36-37H,8-11H2,1-7H3,(H,29,30);/t13-,17?,19-,20+,21+,22-,23-,26+,27-,28+;/m0./s1. The summed E-state index contributed by atoms with van der Waals surface area (Å²) in [5, 5.41) is 48.6. The van der Waals surface area contributed by atoms with Gasteiger partial charge in [0.25, 0.3) is 0 Å². The Bertz CT molecular complexity index is 1160. The van der Waals surface area contributed by atoms with Crippen LogP contribution in [-0.4, -0.2) is 98.4 Å². The van der Waals surface area contributed by atoms with Gasteiger partial charge in [-0.15, -0.1) is 0 Å². The van der Waals surface area contributed by atoms with Crippen molar-refractivity contribution >= 4 is 23.6 Å². The second-order valence-corrected chi connectivity index (χ2v) is 12.7. The predicted octanol–water partition coefficient (Wildman–Crippen LogP) is -0.317. The Labute approximate surface area is 275 Å². The van der Waals surface area contributed by atoms with E-state index in [9.17, 15) is 39.6 Å². The van der Waals surface area contributed by atoms with Gasteiger partial charge in [-0.2, -0.15) is 0 Å². The van der Waals surface area contributed by atoms with E-state index in [1.54, 1.807) is 20.8 Å². The van der Waals surface area contributed by atoms with Crippen LogP contribution in [0.5, 0.6) is 0 Å². The maximum absolute atomic E-state index is 14.1. The monoisotopic (exact) mass is 794 g/mol. The molecule has 41 heavy (non-hydrogen) atoms. The van der Waals surface area contributed by atoms with Crippen molar-refractivity contribution in [2.75, 3.05) is 6.61 Å². The second-order valence-electron chi connectivity index (χ2n) is 12.7.